The van der Waals surface area contributed by atoms with Crippen molar-refractivity contribution in [3.63, 3.8) is 0 Å². The highest BCUT2D eigenvalue weighted by molar-refractivity contribution is 5.98. The largest absolute Gasteiger partial charge is 0.383 e. The van der Waals surface area contributed by atoms with Gasteiger partial charge in [-0.3, -0.25) is 19.3 Å². The Hall–Kier alpha value is -8.97. The number of hydrogen-bond donors (Lipinski definition) is 6. The zero-order valence-corrected chi connectivity index (χ0v) is 41.7. The number of fused-ring (bicyclic) bond motifs is 3. The molecule has 0 bridgehead atoms. The summed E-state index contributed by atoms with van der Waals surface area (Å²) in [4.78, 5) is 63.7. The van der Waals surface area contributed by atoms with Gasteiger partial charge in [0, 0.05) is 46.4 Å². The fourth-order valence-corrected chi connectivity index (χ4v) is 9.44. The van der Waals surface area contributed by atoms with Crippen LogP contribution >= 0.6 is 0 Å². The summed E-state index contributed by atoms with van der Waals surface area (Å²) in [5.41, 5.74) is 28.6. The molecule has 9 aromatic rings. The smallest absolute Gasteiger partial charge is 0.253 e. The summed E-state index contributed by atoms with van der Waals surface area (Å²) in [5, 5.41) is 11.4. The van der Waals surface area contributed by atoms with Crippen molar-refractivity contribution in [3.05, 3.63) is 146 Å². The van der Waals surface area contributed by atoms with E-state index >= 15 is 0 Å². The summed E-state index contributed by atoms with van der Waals surface area (Å²) in [6.45, 7) is 4.27. The molecule has 3 aliphatic heterocycles. The van der Waals surface area contributed by atoms with Crippen molar-refractivity contribution in [2.75, 3.05) is 72.6 Å². The molecule has 76 heavy (non-hydrogen) atoms. The highest BCUT2D eigenvalue weighted by Gasteiger charge is 2.25. The van der Waals surface area contributed by atoms with Crippen molar-refractivity contribution in [2.45, 2.75) is 38.2 Å². The number of rotatable bonds is 10. The van der Waals surface area contributed by atoms with E-state index in [4.69, 9.17) is 26.7 Å². The zero-order chi connectivity index (χ0) is 52.4. The Labute approximate surface area is 438 Å². The van der Waals surface area contributed by atoms with Crippen molar-refractivity contribution in [3.8, 4) is 33.4 Å². The predicted octanol–water partition coefficient (Wildman–Crippen LogP) is 8.76. The third-order valence-corrected chi connectivity index (χ3v) is 13.5. The average Bonchev–Trinajstić information content (AvgIpc) is 4.29. The highest BCUT2D eigenvalue weighted by atomic mass is 16.5. The highest BCUT2D eigenvalue weighted by Crippen LogP contribution is 2.31. The first-order valence-electron chi connectivity index (χ1n) is 25.3. The molecular weight excluding hydrogens is 959 g/mol. The molecule has 3 amide bonds. The number of amides is 3. The van der Waals surface area contributed by atoms with Crippen molar-refractivity contribution in [1.82, 2.24) is 34.8 Å². The van der Waals surface area contributed by atoms with Crippen molar-refractivity contribution < 1.29 is 23.9 Å². The van der Waals surface area contributed by atoms with Gasteiger partial charge < -0.3 is 42.6 Å². The molecule has 0 aliphatic carbocycles. The van der Waals surface area contributed by atoms with E-state index < -0.39 is 0 Å². The predicted molar refractivity (Wildman–Crippen MR) is 298 cm³/mol. The van der Waals surface area contributed by atoms with E-state index in [2.05, 4.69) is 50.8 Å². The Bertz CT molecular complexity index is 3410. The van der Waals surface area contributed by atoms with Gasteiger partial charge in [-0.25, -0.2) is 29.9 Å². The van der Waals surface area contributed by atoms with E-state index in [1.165, 1.54) is 31.8 Å². The molecule has 0 saturated carbocycles. The Balaban J connectivity index is 0.000000130. The van der Waals surface area contributed by atoms with Gasteiger partial charge in [0.05, 0.1) is 35.6 Å². The summed E-state index contributed by atoms with van der Waals surface area (Å²) in [6, 6.07) is 41.0. The van der Waals surface area contributed by atoms with Crippen LogP contribution in [0.4, 0.5) is 34.5 Å². The second kappa shape index (κ2) is 23.5. The van der Waals surface area contributed by atoms with Crippen LogP contribution in [0.3, 0.4) is 0 Å². The number of carbonyl (C=O) groups is 3. The SMILES string of the molecule is Nc1ncnc2ccc(-c3cccc(NC(=O)C4CCCO4)c3)cc12.Nc1ncnc2ccc(-c3cccc(NC(=O)C4CCOC4)c3)cc12.Nc1ncnc2ccc(-c3cccc(NC(=O)CN4CCCC4)c3)cc12. The molecule has 2 atom stereocenters. The van der Waals surface area contributed by atoms with Gasteiger partial charge in [-0.15, -0.1) is 0 Å². The number of aromatic nitrogens is 6. The molecule has 384 valence electrons. The van der Waals surface area contributed by atoms with Crippen LogP contribution in [0.5, 0.6) is 0 Å². The van der Waals surface area contributed by atoms with Crippen molar-refractivity contribution in [1.29, 1.82) is 0 Å². The van der Waals surface area contributed by atoms with E-state index in [9.17, 15) is 14.4 Å². The third kappa shape index (κ3) is 12.3. The Morgan fingerprint density at radius 2 is 0.947 bits per heavy atom. The molecule has 12 rings (SSSR count). The minimum atomic E-state index is -0.346. The molecule has 3 fully saturated rings. The van der Waals surface area contributed by atoms with Gasteiger partial charge in [-0.05, 0) is 151 Å². The van der Waals surface area contributed by atoms with Crippen molar-refractivity contribution in [2.24, 2.45) is 5.92 Å². The summed E-state index contributed by atoms with van der Waals surface area (Å²) in [5.74, 6) is 1.25. The van der Waals surface area contributed by atoms with E-state index in [-0.39, 0.29) is 29.7 Å². The van der Waals surface area contributed by atoms with Crippen LogP contribution in [0.1, 0.15) is 32.1 Å². The summed E-state index contributed by atoms with van der Waals surface area (Å²) < 4.78 is 10.7. The number of carbonyl (C=O) groups excluding carboxylic acids is 3. The number of nitrogens with zero attached hydrogens (tertiary/aromatic N) is 7. The van der Waals surface area contributed by atoms with Crippen LogP contribution in [-0.2, 0) is 23.9 Å². The van der Waals surface area contributed by atoms with Crippen LogP contribution in [-0.4, -0.2) is 98.1 Å². The first-order valence-corrected chi connectivity index (χ1v) is 25.3. The lowest BCUT2D eigenvalue weighted by atomic mass is 10.0. The lowest BCUT2D eigenvalue weighted by molar-refractivity contribution is -0.124. The van der Waals surface area contributed by atoms with E-state index in [0.717, 1.165) is 116 Å². The van der Waals surface area contributed by atoms with Crippen LogP contribution < -0.4 is 33.2 Å². The molecule has 18 heteroatoms. The normalized spacial score (nSPS) is 16.1. The van der Waals surface area contributed by atoms with E-state index in [1.54, 1.807) is 0 Å². The molecular formula is C58H57N13O5. The van der Waals surface area contributed by atoms with Gasteiger partial charge in [-0.2, -0.15) is 0 Å². The molecule has 6 heterocycles. The van der Waals surface area contributed by atoms with Crippen LogP contribution in [0.15, 0.2) is 146 Å². The maximum atomic E-state index is 12.3. The zero-order valence-electron chi connectivity index (χ0n) is 41.7. The average molecular weight is 1020 g/mol. The minimum absolute atomic E-state index is 0.00538. The van der Waals surface area contributed by atoms with E-state index in [1.807, 2.05) is 127 Å². The number of ether oxygens (including phenoxy) is 2. The molecule has 3 aromatic heterocycles. The fourth-order valence-electron chi connectivity index (χ4n) is 9.44. The third-order valence-electron chi connectivity index (χ3n) is 13.5. The van der Waals surface area contributed by atoms with Crippen LogP contribution in [0, 0.1) is 5.92 Å². The maximum absolute atomic E-state index is 12.3. The number of anilines is 6. The number of likely N-dealkylation sites (tertiary alicyclic amines) is 1. The number of nitrogens with one attached hydrogen (secondary N) is 3. The second-order valence-electron chi connectivity index (χ2n) is 18.8. The lowest BCUT2D eigenvalue weighted by Crippen LogP contribution is -2.30. The molecule has 3 aliphatic rings. The van der Waals surface area contributed by atoms with Crippen molar-refractivity contribution >= 4 is 84.9 Å². The van der Waals surface area contributed by atoms with Gasteiger partial charge in [0.15, 0.2) is 0 Å². The Morgan fingerprint density at radius 1 is 0.500 bits per heavy atom. The minimum Gasteiger partial charge on any atom is -0.383 e. The van der Waals surface area contributed by atoms with Crippen LogP contribution in [0.25, 0.3) is 66.1 Å². The Kier molecular flexibility index (Phi) is 15.6. The first-order chi connectivity index (χ1) is 37.1. The monoisotopic (exact) mass is 1020 g/mol. The van der Waals surface area contributed by atoms with Gasteiger partial charge in [-0.1, -0.05) is 54.6 Å². The van der Waals surface area contributed by atoms with Gasteiger partial charge in [0.25, 0.3) is 5.91 Å². The molecule has 0 spiro atoms. The quantitative estimate of drug-likeness (QED) is 0.0748. The van der Waals surface area contributed by atoms with E-state index in [0.29, 0.717) is 43.8 Å². The number of hydrogen-bond acceptors (Lipinski definition) is 15. The molecule has 6 aromatic carbocycles. The number of benzene rings is 6. The number of nitrogens with two attached hydrogens (primary N) is 3. The fraction of sp³-hybridized carbons (Fsp3) is 0.224. The maximum Gasteiger partial charge on any atom is 0.253 e. The molecule has 0 radical (unpaired) electrons. The lowest BCUT2D eigenvalue weighted by Gasteiger charge is -2.14. The first kappa shape index (κ1) is 50.6. The Morgan fingerprint density at radius 3 is 1.38 bits per heavy atom. The molecule has 2 unspecified atom stereocenters. The standard InChI is InChI=1S/C20H21N5O.2C19H18N4O2/c21-20-17-11-15(6-7-18(17)22-13-23-20)14-4-3-5-16(10-14)24-19(26)12-25-8-1-2-9-25;20-18-15-10-13(6-7-16(15)21-11-22-18)12-3-1-4-14(9-12)23-19(24)17-5-2-8-25-17;20-18-16-9-13(4-5-17(16)21-11-22-18)12-2-1-3-15(8-12)23-19(24)14-6-7-25-10-14/h3-7,10-11,13H,1-2,8-9,12H2,(H,24,26)(H2,21,22,23);1,3-4,6-7,9-11,17H,2,5,8H2,(H,23,24)(H2,20,21,22);1-5,8-9,11,14H,6-7,10H2,(H,23,24)(H2,20,21,22). The molecule has 9 N–H and O–H groups in total. The molecule has 18 nitrogen and oxygen atoms in total. The number of nitrogen functional groups attached to an aromatic ring is 3. The van der Waals surface area contributed by atoms with Gasteiger partial charge in [0.1, 0.15) is 42.5 Å². The second-order valence-corrected chi connectivity index (χ2v) is 18.8. The molecule has 3 saturated heterocycles. The van der Waals surface area contributed by atoms with Gasteiger partial charge in [0.2, 0.25) is 11.8 Å². The van der Waals surface area contributed by atoms with Gasteiger partial charge >= 0.3 is 0 Å². The topological polar surface area (TPSA) is 264 Å². The summed E-state index contributed by atoms with van der Waals surface area (Å²) >= 11 is 0. The summed E-state index contributed by atoms with van der Waals surface area (Å²) in [7, 11) is 0. The van der Waals surface area contributed by atoms with Crippen LogP contribution in [0.2, 0.25) is 0 Å². The summed E-state index contributed by atoms with van der Waals surface area (Å²) in [6.07, 6.45) is 8.87.